The fourth-order valence-corrected chi connectivity index (χ4v) is 5.65. The van der Waals surface area contributed by atoms with Crippen LogP contribution in [-0.2, 0) is 28.4 Å². The van der Waals surface area contributed by atoms with Crippen molar-refractivity contribution >= 4 is 0 Å². The quantitative estimate of drug-likeness (QED) is 0.112. The topological polar surface area (TPSA) is 299 Å². The van der Waals surface area contributed by atoms with Crippen LogP contribution in [0, 0.1) is 0 Å². The maximum Gasteiger partial charge on any atom is 0.215 e. The second-order valence-corrected chi connectivity index (χ2v) is 10.9. The summed E-state index contributed by atoms with van der Waals surface area (Å²) in [5, 5.41) is 55.8. The summed E-state index contributed by atoms with van der Waals surface area (Å²) in [5.74, 6) is 0.505. The molecule has 4 aliphatic rings. The zero-order valence-electron chi connectivity index (χ0n) is 22.9. The lowest BCUT2D eigenvalue weighted by Gasteiger charge is -2.46. The summed E-state index contributed by atoms with van der Waals surface area (Å²) in [4.78, 5) is 0. The molecule has 0 aromatic rings. The van der Waals surface area contributed by atoms with Crippen molar-refractivity contribution in [1.29, 1.82) is 0 Å². The molecule has 0 spiro atoms. The second-order valence-electron chi connectivity index (χ2n) is 10.9. The molecular weight excluding hydrogens is 548 g/mol. The molecule has 0 bridgehead atoms. The highest BCUT2D eigenvalue weighted by molar-refractivity contribution is 5.04. The highest BCUT2D eigenvalue weighted by atomic mass is 16.8. The van der Waals surface area contributed by atoms with Crippen LogP contribution in [0.2, 0.25) is 0 Å². The number of nitrogens with one attached hydrogen (secondary N) is 1. The third-order valence-corrected chi connectivity index (χ3v) is 8.15. The lowest BCUT2D eigenvalue weighted by Crippen LogP contribution is -2.65. The summed E-state index contributed by atoms with van der Waals surface area (Å²) in [6, 6.07) is -2.85. The molecule has 16 N–H and O–H groups in total. The van der Waals surface area contributed by atoms with Gasteiger partial charge in [0.25, 0.3) is 0 Å². The smallest absolute Gasteiger partial charge is 0.215 e. The third kappa shape index (κ3) is 6.86. The van der Waals surface area contributed by atoms with Crippen LogP contribution in [0.25, 0.3) is 0 Å². The molecule has 238 valence electrons. The maximum atomic E-state index is 11.2. The predicted molar refractivity (Wildman–Crippen MR) is 140 cm³/mol. The van der Waals surface area contributed by atoms with Gasteiger partial charge in [-0.15, -0.1) is 0 Å². The molecular formula is C24H46N6O11. The van der Waals surface area contributed by atoms with Crippen LogP contribution in [0.5, 0.6) is 0 Å². The fraction of sp³-hybridized carbons (Fsp3) is 0.917. The summed E-state index contributed by atoms with van der Waals surface area (Å²) < 4.78 is 35.3. The van der Waals surface area contributed by atoms with Crippen molar-refractivity contribution in [2.45, 2.75) is 111 Å². The first kappa shape index (κ1) is 32.8. The van der Waals surface area contributed by atoms with Crippen molar-refractivity contribution in [2.75, 3.05) is 26.7 Å². The Labute approximate surface area is 237 Å². The van der Waals surface area contributed by atoms with Crippen molar-refractivity contribution in [2.24, 2.45) is 28.7 Å². The van der Waals surface area contributed by atoms with Gasteiger partial charge in [-0.05, 0) is 26.0 Å². The Morgan fingerprint density at radius 2 is 1.49 bits per heavy atom. The molecule has 16 atom stereocenters. The molecule has 4 rings (SSSR count). The van der Waals surface area contributed by atoms with Crippen LogP contribution in [-0.4, -0.2) is 150 Å². The van der Waals surface area contributed by atoms with Crippen LogP contribution < -0.4 is 34.0 Å². The molecule has 2 saturated heterocycles. The molecule has 0 unspecified atom stereocenters. The number of aliphatic hydroxyl groups is 5. The Kier molecular flexibility index (Phi) is 11.3. The van der Waals surface area contributed by atoms with Crippen molar-refractivity contribution in [3.63, 3.8) is 0 Å². The van der Waals surface area contributed by atoms with E-state index in [1.54, 1.807) is 13.1 Å². The van der Waals surface area contributed by atoms with Crippen LogP contribution >= 0.6 is 0 Å². The maximum absolute atomic E-state index is 11.2. The first-order valence-electron chi connectivity index (χ1n) is 13.8. The van der Waals surface area contributed by atoms with E-state index in [4.69, 9.17) is 57.1 Å². The third-order valence-electron chi connectivity index (χ3n) is 8.15. The minimum atomic E-state index is -1.51. The number of likely N-dealkylation sites (N-methyl/N-ethyl adjacent to an activating group) is 1. The molecule has 0 aromatic carbocycles. The number of nitrogens with two attached hydrogens (primary N) is 5. The first-order valence-corrected chi connectivity index (χ1v) is 13.8. The summed E-state index contributed by atoms with van der Waals surface area (Å²) in [7, 11) is 1.66. The van der Waals surface area contributed by atoms with Gasteiger partial charge in [0.1, 0.15) is 54.6 Å². The molecule has 0 amide bonds. The highest BCUT2D eigenvalue weighted by Crippen LogP contribution is 2.34. The molecule has 1 saturated carbocycles. The minimum Gasteiger partial charge on any atom is -0.467 e. The zero-order chi connectivity index (χ0) is 30.0. The van der Waals surface area contributed by atoms with E-state index < -0.39 is 105 Å². The van der Waals surface area contributed by atoms with Crippen molar-refractivity contribution in [3.05, 3.63) is 11.8 Å². The average Bonchev–Trinajstić information content (AvgIpc) is 3.26. The molecule has 3 fully saturated rings. The Balaban J connectivity index is 1.50. The summed E-state index contributed by atoms with van der Waals surface area (Å²) in [5.41, 5.74) is 30.0. The van der Waals surface area contributed by atoms with Crippen LogP contribution in [0.4, 0.5) is 0 Å². The molecule has 1 aliphatic carbocycles. The molecule has 41 heavy (non-hydrogen) atoms. The van der Waals surface area contributed by atoms with Gasteiger partial charge >= 0.3 is 0 Å². The van der Waals surface area contributed by atoms with E-state index in [0.29, 0.717) is 18.6 Å². The van der Waals surface area contributed by atoms with E-state index in [0.717, 1.165) is 0 Å². The van der Waals surface area contributed by atoms with Gasteiger partial charge in [-0.1, -0.05) is 0 Å². The highest BCUT2D eigenvalue weighted by Gasteiger charge is 2.53. The fourth-order valence-electron chi connectivity index (χ4n) is 5.65. The molecule has 3 heterocycles. The zero-order valence-corrected chi connectivity index (χ0v) is 22.9. The largest absolute Gasteiger partial charge is 0.467 e. The predicted octanol–water partition coefficient (Wildman–Crippen LogP) is -6.45. The Bertz CT molecular complexity index is 876. The Morgan fingerprint density at radius 1 is 0.829 bits per heavy atom. The SMILES string of the molecule is CN[C@@H]1C[C@H](N)[C@@H](O[C@H]2OC(CN)=CC[C@H]2N)[C@H](O[C@@H]2O[C@H](CO)[C@@H](O[C@H]3O[C@@H](CN)[C@@H](O)[C@H](O)[C@H]3N)[C@H]2O)[C@H]1O. The number of ether oxygens (including phenoxy) is 6. The standard InChI is InChI=1S/C24H46N6O11/c1-30-11-4-10(28)19(39-22-9(27)3-2-8(5-25)36-22)21(15(11)32)41-24-18(35)20(13(7-31)38-24)40-23-14(29)17(34)16(33)12(6-26)37-23/h2,9-24,30-35H,3-7,25-29H2,1H3/t9-,10+,11-,12+,13-,14-,15+,16-,17-,18-,19-,20-,21-,22-,23-,24+/m1/s1. The van der Waals surface area contributed by atoms with Gasteiger partial charge in [0.15, 0.2) is 12.6 Å². The summed E-state index contributed by atoms with van der Waals surface area (Å²) in [6.07, 6.45) is -11.9. The van der Waals surface area contributed by atoms with E-state index in [-0.39, 0.29) is 13.1 Å². The van der Waals surface area contributed by atoms with E-state index >= 15 is 0 Å². The number of hydrogen-bond acceptors (Lipinski definition) is 17. The van der Waals surface area contributed by atoms with Crippen LogP contribution in [0.3, 0.4) is 0 Å². The van der Waals surface area contributed by atoms with Crippen LogP contribution in [0.15, 0.2) is 11.8 Å². The minimum absolute atomic E-state index is 0.130. The van der Waals surface area contributed by atoms with E-state index in [1.807, 2.05) is 0 Å². The van der Waals surface area contributed by atoms with Gasteiger partial charge in [0.05, 0.1) is 31.3 Å². The van der Waals surface area contributed by atoms with E-state index in [1.165, 1.54) is 0 Å². The van der Waals surface area contributed by atoms with Gasteiger partial charge < -0.3 is 87.9 Å². The second kappa shape index (κ2) is 14.1. The molecule has 17 heteroatoms. The van der Waals surface area contributed by atoms with Crippen molar-refractivity contribution in [1.82, 2.24) is 5.32 Å². The first-order chi connectivity index (χ1) is 19.5. The van der Waals surface area contributed by atoms with Gasteiger partial charge in [0.2, 0.25) is 6.29 Å². The van der Waals surface area contributed by atoms with E-state index in [9.17, 15) is 25.5 Å². The molecule has 17 nitrogen and oxygen atoms in total. The monoisotopic (exact) mass is 594 g/mol. The number of rotatable bonds is 10. The van der Waals surface area contributed by atoms with E-state index in [2.05, 4.69) is 5.32 Å². The summed E-state index contributed by atoms with van der Waals surface area (Å²) >= 11 is 0. The van der Waals surface area contributed by atoms with Gasteiger partial charge in [-0.3, -0.25) is 0 Å². The van der Waals surface area contributed by atoms with Crippen molar-refractivity contribution in [3.8, 4) is 0 Å². The average molecular weight is 595 g/mol. The van der Waals surface area contributed by atoms with Gasteiger partial charge in [-0.25, -0.2) is 0 Å². The van der Waals surface area contributed by atoms with Gasteiger partial charge in [0, 0.05) is 18.6 Å². The molecule has 3 aliphatic heterocycles. The lowest BCUT2D eigenvalue weighted by molar-refractivity contribution is -0.282. The summed E-state index contributed by atoms with van der Waals surface area (Å²) in [6.45, 7) is -0.565. The Morgan fingerprint density at radius 3 is 2.12 bits per heavy atom. The number of hydrogen-bond donors (Lipinski definition) is 11. The number of aliphatic hydroxyl groups excluding tert-OH is 5. The molecule has 0 aromatic heterocycles. The van der Waals surface area contributed by atoms with Gasteiger partial charge in [-0.2, -0.15) is 0 Å². The molecule has 0 radical (unpaired) electrons. The van der Waals surface area contributed by atoms with Crippen molar-refractivity contribution < 1.29 is 54.0 Å². The normalized spacial score (nSPS) is 49.0. The Hall–Kier alpha value is -1.10. The lowest BCUT2D eigenvalue weighted by atomic mass is 9.84. The van der Waals surface area contributed by atoms with Crippen LogP contribution in [0.1, 0.15) is 12.8 Å².